The van der Waals surface area contributed by atoms with Gasteiger partial charge in [0, 0.05) is 12.7 Å². The highest BCUT2D eigenvalue weighted by molar-refractivity contribution is 5.34. The van der Waals surface area contributed by atoms with E-state index < -0.39 is 76.5 Å². The smallest absolute Gasteiger partial charge is 0.380 e. The lowest BCUT2D eigenvalue weighted by Crippen LogP contribution is -2.35. The van der Waals surface area contributed by atoms with E-state index in [1.165, 1.54) is 0 Å². The lowest BCUT2D eigenvalue weighted by atomic mass is 9.95. The van der Waals surface area contributed by atoms with E-state index in [4.69, 9.17) is 0 Å². The molecule has 27 heavy (non-hydrogen) atoms. The molecule has 0 N–H and O–H groups in total. The zero-order valence-electron chi connectivity index (χ0n) is 14.2. The number of alkyl halides is 6. The summed E-state index contributed by atoms with van der Waals surface area (Å²) in [6, 6.07) is 0. The molecule has 154 valence electrons. The molecule has 0 aliphatic heterocycles. The number of hydrogen-bond acceptors (Lipinski definition) is 1. The molecule has 1 nitrogen and oxygen atoms in total. The number of rotatable bonds is 4. The quantitative estimate of drug-likeness (QED) is 0.456. The molecule has 1 aromatic rings. The van der Waals surface area contributed by atoms with Gasteiger partial charge in [-0.2, -0.15) is 26.3 Å². The molecule has 0 bridgehead atoms. The summed E-state index contributed by atoms with van der Waals surface area (Å²) in [5, 5.41) is 0. The Morgan fingerprint density at radius 2 is 1.07 bits per heavy atom. The molecule has 1 aliphatic rings. The van der Waals surface area contributed by atoms with Crippen LogP contribution in [0.3, 0.4) is 0 Å². The van der Waals surface area contributed by atoms with E-state index in [-0.39, 0.29) is 13.8 Å². The molecular formula is C16H14F10O. The molecule has 0 spiro atoms. The Balaban J connectivity index is 2.57. The first kappa shape index (κ1) is 21.8. The van der Waals surface area contributed by atoms with Gasteiger partial charge in [0.25, 0.3) is 0 Å². The van der Waals surface area contributed by atoms with E-state index in [0.29, 0.717) is 0 Å². The van der Waals surface area contributed by atoms with Crippen molar-refractivity contribution in [2.75, 3.05) is 7.11 Å². The third kappa shape index (κ3) is 2.80. The van der Waals surface area contributed by atoms with Crippen LogP contribution in [-0.2, 0) is 17.8 Å². The molecule has 0 radical (unpaired) electrons. The normalized spacial score (nSPS) is 28.6. The Hall–Kier alpha value is -1.52. The molecule has 2 rings (SSSR count). The predicted octanol–water partition coefficient (Wildman–Crippen LogP) is 5.70. The van der Waals surface area contributed by atoms with Crippen molar-refractivity contribution in [1.82, 2.24) is 0 Å². The van der Waals surface area contributed by atoms with Crippen molar-refractivity contribution in [3.8, 4) is 0 Å². The van der Waals surface area contributed by atoms with E-state index in [1.54, 1.807) is 0 Å². The van der Waals surface area contributed by atoms with Gasteiger partial charge >= 0.3 is 12.4 Å². The van der Waals surface area contributed by atoms with Crippen molar-refractivity contribution in [1.29, 1.82) is 0 Å². The van der Waals surface area contributed by atoms with E-state index in [0.717, 1.165) is 7.11 Å². The van der Waals surface area contributed by atoms with Crippen LogP contribution in [0.15, 0.2) is 0 Å². The first-order valence-corrected chi connectivity index (χ1v) is 7.53. The third-order valence-corrected chi connectivity index (χ3v) is 5.71. The van der Waals surface area contributed by atoms with E-state index >= 15 is 0 Å². The van der Waals surface area contributed by atoms with Crippen LogP contribution in [0, 0.1) is 40.0 Å². The molecule has 1 saturated carbocycles. The molecule has 11 heteroatoms. The second-order valence-electron chi connectivity index (χ2n) is 6.80. The lowest BCUT2D eigenvalue weighted by molar-refractivity contribution is -0.245. The van der Waals surface area contributed by atoms with Crippen LogP contribution in [0.2, 0.25) is 0 Å². The number of methoxy groups -OCH3 is 1. The maximum atomic E-state index is 14.1. The van der Waals surface area contributed by atoms with Gasteiger partial charge in [-0.3, -0.25) is 0 Å². The van der Waals surface area contributed by atoms with E-state index in [2.05, 4.69) is 4.74 Å². The lowest BCUT2D eigenvalue weighted by Gasteiger charge is -2.23. The van der Waals surface area contributed by atoms with Crippen molar-refractivity contribution >= 4 is 0 Å². The first-order valence-electron chi connectivity index (χ1n) is 7.53. The average Bonchev–Trinajstić information content (AvgIpc) is 3.04. The standard InChI is InChI=1S/C16H14F10O/c1-13(15(21,22)23)8(14(13,2)16(24,25)26)4-6-9(17)11(19)7(5-27-3)12(20)10(6)18/h8H,4-5H2,1-3H3. The van der Waals surface area contributed by atoms with Crippen molar-refractivity contribution in [2.24, 2.45) is 16.7 Å². The average molecular weight is 412 g/mol. The van der Waals surface area contributed by atoms with Gasteiger partial charge in [-0.05, 0) is 26.2 Å². The Bertz CT molecular complexity index is 698. The highest BCUT2D eigenvalue weighted by atomic mass is 19.4. The van der Waals surface area contributed by atoms with Gasteiger partial charge < -0.3 is 4.74 Å². The molecule has 1 aromatic carbocycles. The monoisotopic (exact) mass is 412 g/mol. The van der Waals surface area contributed by atoms with Gasteiger partial charge in [0.05, 0.1) is 23.0 Å². The molecule has 1 aliphatic carbocycles. The summed E-state index contributed by atoms with van der Waals surface area (Å²) < 4.78 is 140. The minimum atomic E-state index is -5.36. The van der Waals surface area contributed by atoms with Crippen molar-refractivity contribution in [3.63, 3.8) is 0 Å². The molecule has 0 saturated heterocycles. The summed E-state index contributed by atoms with van der Waals surface area (Å²) in [4.78, 5) is 0. The number of ether oxygens (including phenoxy) is 1. The third-order valence-electron chi connectivity index (χ3n) is 5.71. The van der Waals surface area contributed by atoms with Gasteiger partial charge in [0.1, 0.15) is 0 Å². The Morgan fingerprint density at radius 1 is 0.741 bits per heavy atom. The summed E-state index contributed by atoms with van der Waals surface area (Å²) in [5.74, 6) is -10.3. The van der Waals surface area contributed by atoms with Crippen LogP contribution in [0.25, 0.3) is 0 Å². The topological polar surface area (TPSA) is 9.23 Å². The molecule has 0 aromatic heterocycles. The van der Waals surface area contributed by atoms with Crippen molar-refractivity contribution in [3.05, 3.63) is 34.4 Å². The van der Waals surface area contributed by atoms with Crippen LogP contribution in [0.4, 0.5) is 43.9 Å². The molecule has 2 unspecified atom stereocenters. The zero-order valence-corrected chi connectivity index (χ0v) is 14.2. The van der Waals surface area contributed by atoms with Crippen LogP contribution < -0.4 is 0 Å². The number of hydrogen-bond donors (Lipinski definition) is 0. The van der Waals surface area contributed by atoms with Gasteiger partial charge in [0.15, 0.2) is 23.3 Å². The van der Waals surface area contributed by atoms with Crippen LogP contribution in [0.5, 0.6) is 0 Å². The van der Waals surface area contributed by atoms with Gasteiger partial charge in [-0.15, -0.1) is 0 Å². The Labute approximate surface area is 147 Å². The van der Waals surface area contributed by atoms with Gasteiger partial charge in [-0.25, -0.2) is 17.6 Å². The number of halogens is 10. The van der Waals surface area contributed by atoms with Crippen molar-refractivity contribution in [2.45, 2.75) is 39.2 Å². The highest BCUT2D eigenvalue weighted by Gasteiger charge is 2.90. The second kappa shape index (κ2) is 6.25. The summed E-state index contributed by atoms with van der Waals surface area (Å²) in [6.45, 7) is -0.338. The SMILES string of the molecule is COCc1c(F)c(F)c(CC2C(C)(C(F)(F)F)C2(C)C(F)(F)F)c(F)c1F. The first-order chi connectivity index (χ1) is 12.1. The van der Waals surface area contributed by atoms with Crippen LogP contribution in [0.1, 0.15) is 25.0 Å². The fourth-order valence-electron chi connectivity index (χ4n) is 3.68. The van der Waals surface area contributed by atoms with Crippen molar-refractivity contribution < 1.29 is 48.6 Å². The van der Waals surface area contributed by atoms with Gasteiger partial charge in [-0.1, -0.05) is 0 Å². The maximum absolute atomic E-state index is 14.1. The molecule has 1 fully saturated rings. The summed E-state index contributed by atoms with van der Waals surface area (Å²) in [5.41, 5.74) is -9.38. The Kier molecular flexibility index (Phi) is 5.04. The largest absolute Gasteiger partial charge is 0.395 e. The second-order valence-corrected chi connectivity index (χ2v) is 6.80. The summed E-state index contributed by atoms with van der Waals surface area (Å²) >= 11 is 0. The summed E-state index contributed by atoms with van der Waals surface area (Å²) in [7, 11) is 0.969. The molecule has 0 amide bonds. The molecule has 0 heterocycles. The fraction of sp³-hybridized carbons (Fsp3) is 0.625. The highest BCUT2D eigenvalue weighted by Crippen LogP contribution is 2.80. The predicted molar refractivity (Wildman–Crippen MR) is 72.5 cm³/mol. The number of benzene rings is 1. The van der Waals surface area contributed by atoms with Crippen LogP contribution in [-0.4, -0.2) is 19.5 Å². The van der Waals surface area contributed by atoms with Crippen LogP contribution >= 0.6 is 0 Å². The minimum Gasteiger partial charge on any atom is -0.380 e. The zero-order chi connectivity index (χ0) is 21.2. The maximum Gasteiger partial charge on any atom is 0.395 e. The summed E-state index contributed by atoms with van der Waals surface area (Å²) in [6.07, 6.45) is -12.2. The van der Waals surface area contributed by atoms with E-state index in [1.807, 2.05) is 0 Å². The molecule has 2 atom stereocenters. The molecular weight excluding hydrogens is 398 g/mol. The minimum absolute atomic E-state index is 0.271. The van der Waals surface area contributed by atoms with E-state index in [9.17, 15) is 43.9 Å². The Morgan fingerprint density at radius 3 is 1.37 bits per heavy atom. The fourth-order valence-corrected chi connectivity index (χ4v) is 3.68. The van der Waals surface area contributed by atoms with Gasteiger partial charge in [0.2, 0.25) is 0 Å².